The van der Waals surface area contributed by atoms with Gasteiger partial charge in [-0.25, -0.2) is 12.8 Å². The highest BCUT2D eigenvalue weighted by molar-refractivity contribution is 7.90. The number of rotatable bonds is 6. The number of nitrogens with zero attached hydrogens (tertiary/aromatic N) is 1. The topological polar surface area (TPSA) is 110 Å². The smallest absolute Gasteiger partial charge is 0.398 e. The van der Waals surface area contributed by atoms with Crippen molar-refractivity contribution in [3.8, 4) is 0 Å². The number of nitrogens with two attached hydrogens (primary N) is 1. The van der Waals surface area contributed by atoms with Gasteiger partial charge in [0.15, 0.2) is 9.84 Å². The zero-order chi connectivity index (χ0) is 26.9. The highest BCUT2D eigenvalue weighted by Gasteiger charge is 2.56. The fourth-order valence-corrected chi connectivity index (χ4v) is 5.80. The molecule has 5 rings (SSSR count). The summed E-state index contributed by atoms with van der Waals surface area (Å²) in [5.74, 6) is -2.19. The summed E-state index contributed by atoms with van der Waals surface area (Å²) in [6.45, 7) is 0. The van der Waals surface area contributed by atoms with Gasteiger partial charge in [-0.3, -0.25) is 9.59 Å². The lowest BCUT2D eigenvalue weighted by atomic mass is 9.99. The molecule has 1 saturated heterocycles. The van der Waals surface area contributed by atoms with Crippen LogP contribution in [0.4, 0.5) is 23.2 Å². The average molecular weight is 540 g/mol. The maximum Gasteiger partial charge on any atom is 0.416 e. The van der Waals surface area contributed by atoms with E-state index < -0.39 is 51.3 Å². The van der Waals surface area contributed by atoms with Crippen LogP contribution in [0.2, 0.25) is 0 Å². The Labute approximate surface area is 210 Å². The minimum Gasteiger partial charge on any atom is -0.398 e. The van der Waals surface area contributed by atoms with Gasteiger partial charge in [0.05, 0.1) is 22.1 Å². The molecule has 0 spiro atoms. The van der Waals surface area contributed by atoms with Crippen LogP contribution in [0.5, 0.6) is 0 Å². The van der Waals surface area contributed by atoms with Gasteiger partial charge in [0.2, 0.25) is 5.91 Å². The Morgan fingerprint density at radius 3 is 2.41 bits per heavy atom. The average Bonchev–Trinajstić information content (AvgIpc) is 3.74. The Balaban J connectivity index is 1.40. The van der Waals surface area contributed by atoms with Crippen LogP contribution < -0.4 is 11.1 Å². The van der Waals surface area contributed by atoms with Crippen molar-refractivity contribution in [2.45, 2.75) is 54.9 Å². The number of hydrogen-bond acceptors (Lipinski definition) is 5. The molecule has 3 N–H and O–H groups in total. The van der Waals surface area contributed by atoms with E-state index in [9.17, 15) is 35.6 Å². The van der Waals surface area contributed by atoms with Crippen LogP contribution >= 0.6 is 0 Å². The molecule has 2 amide bonds. The maximum absolute atomic E-state index is 14.7. The third-order valence-corrected chi connectivity index (χ3v) is 8.49. The second-order valence-corrected chi connectivity index (χ2v) is 12.1. The summed E-state index contributed by atoms with van der Waals surface area (Å²) in [4.78, 5) is 28.2. The molecule has 0 unspecified atom stereocenters. The molecule has 0 radical (unpaired) electrons. The largest absolute Gasteiger partial charge is 0.416 e. The van der Waals surface area contributed by atoms with Crippen LogP contribution in [-0.4, -0.2) is 43.5 Å². The lowest BCUT2D eigenvalue weighted by Gasteiger charge is -2.29. The van der Waals surface area contributed by atoms with Gasteiger partial charge in [-0.1, -0.05) is 6.07 Å². The molecule has 0 bridgehead atoms. The van der Waals surface area contributed by atoms with Crippen molar-refractivity contribution in [2.75, 3.05) is 12.0 Å². The summed E-state index contributed by atoms with van der Waals surface area (Å²) in [6.07, 6.45) is -1.26. The number of likely N-dealkylation sites (tertiary alicyclic amines) is 1. The van der Waals surface area contributed by atoms with E-state index in [0.717, 1.165) is 18.4 Å². The van der Waals surface area contributed by atoms with Crippen molar-refractivity contribution < 1.29 is 35.6 Å². The van der Waals surface area contributed by atoms with Crippen molar-refractivity contribution in [2.24, 2.45) is 11.8 Å². The normalized spacial score (nSPS) is 23.9. The van der Waals surface area contributed by atoms with E-state index >= 15 is 0 Å². The van der Waals surface area contributed by atoms with Crippen molar-refractivity contribution >= 4 is 27.3 Å². The van der Waals surface area contributed by atoms with Gasteiger partial charge in [0.1, 0.15) is 11.9 Å². The van der Waals surface area contributed by atoms with E-state index in [4.69, 9.17) is 5.73 Å². The molecule has 0 aromatic heterocycles. The summed E-state index contributed by atoms with van der Waals surface area (Å²) in [5, 5.41) is 2.78. The van der Waals surface area contributed by atoms with Crippen LogP contribution in [0, 0.1) is 17.7 Å². The number of carbonyl (C=O) groups is 2. The first-order chi connectivity index (χ1) is 17.3. The molecular weight excluding hydrogens is 514 g/mol. The summed E-state index contributed by atoms with van der Waals surface area (Å²) in [5.41, 5.74) is 4.88. The third kappa shape index (κ3) is 4.90. The van der Waals surface area contributed by atoms with Crippen LogP contribution in [0.3, 0.4) is 0 Å². The van der Waals surface area contributed by atoms with Crippen molar-refractivity contribution in [3.05, 3.63) is 58.9 Å². The third-order valence-electron chi connectivity index (χ3n) is 7.38. The van der Waals surface area contributed by atoms with E-state index in [1.54, 1.807) is 0 Å². The van der Waals surface area contributed by atoms with Crippen molar-refractivity contribution in [3.63, 3.8) is 0 Å². The van der Waals surface area contributed by atoms with Gasteiger partial charge in [-0.05, 0) is 67.9 Å². The van der Waals surface area contributed by atoms with Crippen LogP contribution in [0.1, 0.15) is 53.2 Å². The van der Waals surface area contributed by atoms with Gasteiger partial charge in [-0.15, -0.1) is 0 Å². The number of benzene rings is 2. The first kappa shape index (κ1) is 25.5. The Morgan fingerprint density at radius 2 is 1.81 bits per heavy atom. The van der Waals surface area contributed by atoms with Gasteiger partial charge < -0.3 is 16.0 Å². The van der Waals surface area contributed by atoms with E-state index in [0.29, 0.717) is 31.7 Å². The Bertz CT molecular complexity index is 1390. The second-order valence-electron chi connectivity index (χ2n) is 10.1. The molecule has 2 aliphatic carbocycles. The molecule has 3 fully saturated rings. The van der Waals surface area contributed by atoms with Crippen LogP contribution in [0.15, 0.2) is 41.3 Å². The minimum atomic E-state index is -4.69. The van der Waals surface area contributed by atoms with E-state index in [2.05, 4.69) is 5.32 Å². The molecule has 3 aliphatic rings. The number of carbonyl (C=O) groups excluding carboxylic acids is 2. The molecule has 37 heavy (non-hydrogen) atoms. The molecule has 198 valence electrons. The Hall–Kier alpha value is -3.15. The molecule has 2 aromatic carbocycles. The number of piperidine rings is 1. The zero-order valence-corrected chi connectivity index (χ0v) is 20.6. The first-order valence-corrected chi connectivity index (χ1v) is 13.7. The summed E-state index contributed by atoms with van der Waals surface area (Å²) >= 11 is 0. The summed E-state index contributed by atoms with van der Waals surface area (Å²) in [6, 6.07) is 4.16. The summed E-state index contributed by atoms with van der Waals surface area (Å²) < 4.78 is 77.7. The van der Waals surface area contributed by atoms with E-state index in [1.165, 1.54) is 23.1 Å². The minimum absolute atomic E-state index is 0.0270. The molecule has 12 heteroatoms. The monoisotopic (exact) mass is 539 g/mol. The molecule has 1 heterocycles. The Morgan fingerprint density at radius 1 is 1.11 bits per heavy atom. The van der Waals surface area contributed by atoms with Crippen LogP contribution in [0.25, 0.3) is 0 Å². The number of fused-ring (bicyclic) bond motifs is 1. The molecule has 2 saturated carbocycles. The second kappa shape index (κ2) is 8.71. The predicted molar refractivity (Wildman–Crippen MR) is 125 cm³/mol. The zero-order valence-electron chi connectivity index (χ0n) is 19.8. The number of amides is 2. The molecule has 7 nitrogen and oxygen atoms in total. The maximum atomic E-state index is 14.7. The van der Waals surface area contributed by atoms with Gasteiger partial charge in [0, 0.05) is 23.5 Å². The quantitative estimate of drug-likeness (QED) is 0.430. The SMILES string of the molecule is CS(=O)(=O)c1ccc(N)c(C(=O)N2[C@@H](C(=O)N[C@@H](c3ccc(C(F)(F)F)cc3F)C3CC3)C[C@H]3C[C@H]32)c1. The van der Waals surface area contributed by atoms with E-state index in [-0.39, 0.29) is 39.6 Å². The number of nitrogen functional groups attached to an aromatic ring is 1. The van der Waals surface area contributed by atoms with Crippen molar-refractivity contribution in [1.29, 1.82) is 0 Å². The van der Waals surface area contributed by atoms with Gasteiger partial charge >= 0.3 is 6.18 Å². The lowest BCUT2D eigenvalue weighted by Crippen LogP contribution is -2.49. The van der Waals surface area contributed by atoms with Gasteiger partial charge in [0.25, 0.3) is 5.91 Å². The lowest BCUT2D eigenvalue weighted by molar-refractivity contribution is -0.137. The fraction of sp³-hybridized carbons (Fsp3) is 0.440. The molecular formula is C25H25F4N3O4S. The Kier molecular flexibility index (Phi) is 6.00. The highest BCUT2D eigenvalue weighted by Crippen LogP contribution is 2.49. The number of alkyl halides is 3. The van der Waals surface area contributed by atoms with Crippen LogP contribution in [-0.2, 0) is 20.8 Å². The number of halogens is 4. The predicted octanol–water partition coefficient (Wildman–Crippen LogP) is 3.70. The first-order valence-electron chi connectivity index (χ1n) is 11.8. The molecule has 2 aromatic rings. The number of sulfone groups is 1. The highest BCUT2D eigenvalue weighted by atomic mass is 32.2. The standard InChI is InChI=1S/C25H25F4N3O4S/c1-37(35,36)15-5-7-19(30)17(11-15)24(34)32-20-8-13(20)9-21(32)23(33)31-22(12-2-3-12)16-6-4-14(10-18(16)26)25(27,28)29/h4-7,10-13,20-22H,2-3,8-9,30H2,1H3,(H,31,33)/t13-,20-,21-,22-/m1/s1. The number of hydrogen-bond donors (Lipinski definition) is 2. The van der Waals surface area contributed by atoms with Crippen molar-refractivity contribution in [1.82, 2.24) is 10.2 Å². The molecule has 1 aliphatic heterocycles. The summed E-state index contributed by atoms with van der Waals surface area (Å²) in [7, 11) is -3.61. The van der Waals surface area contributed by atoms with E-state index in [1.807, 2.05) is 0 Å². The number of nitrogens with one attached hydrogen (secondary N) is 1. The van der Waals surface area contributed by atoms with Gasteiger partial charge in [-0.2, -0.15) is 13.2 Å². The molecule has 4 atom stereocenters. The fourth-order valence-electron chi connectivity index (χ4n) is 5.16. The number of anilines is 1.